The van der Waals surface area contributed by atoms with Gasteiger partial charge in [0.2, 0.25) is 0 Å². The summed E-state index contributed by atoms with van der Waals surface area (Å²) in [6.07, 6.45) is 0. The summed E-state index contributed by atoms with van der Waals surface area (Å²) in [5.41, 5.74) is 0.707. The van der Waals surface area contributed by atoms with Gasteiger partial charge in [-0.15, -0.1) is 0 Å². The van der Waals surface area contributed by atoms with Gasteiger partial charge in [-0.2, -0.15) is 0 Å². The predicted octanol–water partition coefficient (Wildman–Crippen LogP) is 0.133. The monoisotopic (exact) mass is 227 g/mol. The SMILES string of the molecule is CN(C)c1cc([As]=O)ccc1O. The van der Waals surface area contributed by atoms with Gasteiger partial charge in [-0.25, -0.2) is 0 Å². The van der Waals surface area contributed by atoms with Crippen LogP contribution in [-0.2, 0) is 3.74 Å². The molecule has 0 radical (unpaired) electrons. The number of rotatable bonds is 2. The average Bonchev–Trinajstić information content (AvgIpc) is 2.05. The molecule has 0 aromatic heterocycles. The zero-order valence-electron chi connectivity index (χ0n) is 6.98. The minimum atomic E-state index is -1.00. The first-order valence-corrected chi connectivity index (χ1v) is 5.19. The molecule has 0 saturated heterocycles. The molecule has 64 valence electrons. The standard InChI is InChI=1S/C8H10AsNO2/c1-10(2)7-5-6(9-12)3-4-8(7)11/h3-5,11H,1-2H3. The van der Waals surface area contributed by atoms with Gasteiger partial charge in [0.05, 0.1) is 0 Å². The van der Waals surface area contributed by atoms with E-state index >= 15 is 0 Å². The van der Waals surface area contributed by atoms with Crippen molar-refractivity contribution in [3.05, 3.63) is 18.2 Å². The van der Waals surface area contributed by atoms with Crippen LogP contribution >= 0.6 is 0 Å². The van der Waals surface area contributed by atoms with Gasteiger partial charge < -0.3 is 0 Å². The van der Waals surface area contributed by atoms with Gasteiger partial charge in [0.25, 0.3) is 0 Å². The van der Waals surface area contributed by atoms with Crippen molar-refractivity contribution >= 4 is 25.7 Å². The van der Waals surface area contributed by atoms with Crippen molar-refractivity contribution in [3.8, 4) is 5.75 Å². The van der Waals surface area contributed by atoms with Crippen LogP contribution in [-0.4, -0.2) is 34.9 Å². The Hall–Kier alpha value is -0.822. The van der Waals surface area contributed by atoms with Crippen LogP contribution < -0.4 is 9.25 Å². The number of aromatic hydroxyl groups is 1. The summed E-state index contributed by atoms with van der Waals surface area (Å²) in [6, 6.07) is 4.98. The van der Waals surface area contributed by atoms with Crippen LogP contribution in [0.3, 0.4) is 0 Å². The Kier molecular flexibility index (Phi) is 2.87. The molecule has 0 saturated carbocycles. The topological polar surface area (TPSA) is 40.5 Å². The zero-order valence-corrected chi connectivity index (χ0v) is 8.86. The number of phenolic OH excluding ortho intramolecular Hbond substituents is 1. The quantitative estimate of drug-likeness (QED) is 0.730. The molecular formula is C8H10AsNO2. The molecule has 1 aromatic carbocycles. The van der Waals surface area contributed by atoms with E-state index in [0.29, 0.717) is 5.69 Å². The van der Waals surface area contributed by atoms with Gasteiger partial charge in [0, 0.05) is 0 Å². The molecule has 0 aliphatic carbocycles. The van der Waals surface area contributed by atoms with Crippen molar-refractivity contribution in [2.24, 2.45) is 0 Å². The molecule has 0 amide bonds. The Morgan fingerprint density at radius 1 is 1.42 bits per heavy atom. The number of hydrogen-bond acceptors (Lipinski definition) is 3. The van der Waals surface area contributed by atoms with E-state index in [-0.39, 0.29) is 5.75 Å². The van der Waals surface area contributed by atoms with Crippen molar-refractivity contribution < 1.29 is 8.85 Å². The first kappa shape index (κ1) is 9.27. The van der Waals surface area contributed by atoms with Gasteiger partial charge >= 0.3 is 77.5 Å². The number of benzene rings is 1. The van der Waals surface area contributed by atoms with Gasteiger partial charge in [-0.3, -0.25) is 0 Å². The molecule has 1 rings (SSSR count). The van der Waals surface area contributed by atoms with Crippen molar-refractivity contribution in [1.82, 2.24) is 0 Å². The fourth-order valence-corrected chi connectivity index (χ4v) is 1.58. The van der Waals surface area contributed by atoms with Crippen LogP contribution in [0.2, 0.25) is 0 Å². The van der Waals surface area contributed by atoms with Crippen LogP contribution in [0.25, 0.3) is 0 Å². The van der Waals surface area contributed by atoms with Gasteiger partial charge in [0.15, 0.2) is 0 Å². The number of hydrogen-bond donors (Lipinski definition) is 1. The van der Waals surface area contributed by atoms with E-state index in [1.165, 1.54) is 0 Å². The molecule has 4 heteroatoms. The zero-order chi connectivity index (χ0) is 9.14. The van der Waals surface area contributed by atoms with Crippen molar-refractivity contribution in [3.63, 3.8) is 0 Å². The van der Waals surface area contributed by atoms with E-state index in [9.17, 15) is 8.85 Å². The van der Waals surface area contributed by atoms with Crippen molar-refractivity contribution in [2.75, 3.05) is 19.0 Å². The average molecular weight is 227 g/mol. The molecule has 0 spiro atoms. The van der Waals surface area contributed by atoms with Gasteiger partial charge in [-0.1, -0.05) is 0 Å². The molecule has 3 nitrogen and oxygen atoms in total. The minimum absolute atomic E-state index is 0.221. The van der Waals surface area contributed by atoms with Gasteiger partial charge in [-0.05, 0) is 0 Å². The molecule has 0 fully saturated rings. The van der Waals surface area contributed by atoms with Crippen LogP contribution in [0.1, 0.15) is 0 Å². The number of anilines is 1. The molecule has 12 heavy (non-hydrogen) atoms. The van der Waals surface area contributed by atoms with E-state index in [1.807, 2.05) is 14.1 Å². The summed E-state index contributed by atoms with van der Waals surface area (Å²) in [5.74, 6) is 0.221. The fraction of sp³-hybridized carbons (Fsp3) is 0.250. The Bertz CT molecular complexity index is 299. The third kappa shape index (κ3) is 1.86. The Balaban J connectivity index is 3.16. The second kappa shape index (κ2) is 3.72. The van der Waals surface area contributed by atoms with Gasteiger partial charge in [0.1, 0.15) is 0 Å². The number of phenols is 1. The molecule has 0 heterocycles. The van der Waals surface area contributed by atoms with Crippen LogP contribution in [0.5, 0.6) is 5.75 Å². The molecule has 0 aliphatic rings. The maximum absolute atomic E-state index is 10.6. The van der Waals surface area contributed by atoms with E-state index in [4.69, 9.17) is 0 Å². The third-order valence-corrected chi connectivity index (χ3v) is 2.57. The predicted molar refractivity (Wildman–Crippen MR) is 48.5 cm³/mol. The molecule has 0 unspecified atom stereocenters. The van der Waals surface area contributed by atoms with Crippen LogP contribution in [0.4, 0.5) is 5.69 Å². The van der Waals surface area contributed by atoms with Crippen LogP contribution in [0, 0.1) is 0 Å². The van der Waals surface area contributed by atoms with E-state index in [2.05, 4.69) is 0 Å². The summed E-state index contributed by atoms with van der Waals surface area (Å²) in [7, 11) is 3.67. The molecule has 0 atom stereocenters. The second-order valence-electron chi connectivity index (χ2n) is 2.66. The molecule has 1 N–H and O–H groups in total. The van der Waals surface area contributed by atoms with E-state index in [1.54, 1.807) is 23.1 Å². The summed E-state index contributed by atoms with van der Waals surface area (Å²) >= 11 is -1.00. The molecule has 0 bridgehead atoms. The molecule has 0 aliphatic heterocycles. The van der Waals surface area contributed by atoms with Crippen molar-refractivity contribution in [1.29, 1.82) is 0 Å². The van der Waals surface area contributed by atoms with E-state index < -0.39 is 15.7 Å². The van der Waals surface area contributed by atoms with E-state index in [0.717, 1.165) is 4.35 Å². The Morgan fingerprint density at radius 3 is 2.58 bits per heavy atom. The maximum atomic E-state index is 10.6. The second-order valence-corrected chi connectivity index (χ2v) is 4.13. The Labute approximate surface area is 77.9 Å². The summed E-state index contributed by atoms with van der Waals surface area (Å²) in [4.78, 5) is 1.79. The number of nitrogens with zero attached hydrogens (tertiary/aromatic N) is 1. The molecular weight excluding hydrogens is 217 g/mol. The summed E-state index contributed by atoms with van der Waals surface area (Å²) < 4.78 is 11.4. The molecule has 1 aromatic rings. The summed E-state index contributed by atoms with van der Waals surface area (Å²) in [5, 5.41) is 9.37. The normalized spacial score (nSPS) is 10.2. The van der Waals surface area contributed by atoms with Crippen LogP contribution in [0.15, 0.2) is 18.2 Å². The fourth-order valence-electron chi connectivity index (χ4n) is 0.927. The first-order valence-electron chi connectivity index (χ1n) is 3.49. The summed E-state index contributed by atoms with van der Waals surface area (Å²) in [6.45, 7) is 0. The Morgan fingerprint density at radius 2 is 2.08 bits per heavy atom. The third-order valence-electron chi connectivity index (χ3n) is 1.55. The first-order chi connectivity index (χ1) is 5.65. The van der Waals surface area contributed by atoms with Crippen molar-refractivity contribution in [2.45, 2.75) is 0 Å².